The Bertz CT molecular complexity index is 797. The second-order valence-corrected chi connectivity index (χ2v) is 7.19. The average Bonchev–Trinajstić information content (AvgIpc) is 3.23. The predicted octanol–water partition coefficient (Wildman–Crippen LogP) is 2.26. The largest absolute Gasteiger partial charge is 0.331 e. The minimum atomic E-state index is -0.0737. The van der Waals surface area contributed by atoms with Crippen molar-refractivity contribution in [1.29, 1.82) is 0 Å². The summed E-state index contributed by atoms with van der Waals surface area (Å²) in [5.74, 6) is -0.0737. The van der Waals surface area contributed by atoms with E-state index in [9.17, 15) is 4.79 Å². The van der Waals surface area contributed by atoms with Crippen LogP contribution in [0.15, 0.2) is 18.2 Å². The molecule has 7 heteroatoms. The average molecular weight is 360 g/mol. The summed E-state index contributed by atoms with van der Waals surface area (Å²) in [5.41, 5.74) is 4.02. The summed E-state index contributed by atoms with van der Waals surface area (Å²) in [6.45, 7) is 4.52. The van der Waals surface area contributed by atoms with Crippen molar-refractivity contribution < 1.29 is 4.79 Å². The molecule has 1 fully saturated rings. The van der Waals surface area contributed by atoms with Crippen LogP contribution >= 0.6 is 11.6 Å². The third-order valence-corrected chi connectivity index (χ3v) is 5.33. The molecule has 0 spiro atoms. The fourth-order valence-electron chi connectivity index (χ4n) is 3.80. The lowest BCUT2D eigenvalue weighted by Crippen LogP contribution is -2.37. The molecule has 0 saturated carbocycles. The SMILES string of the molecule is Cn1nc(CN2CCCC2)c2c1CN(C(=O)c1cccc(Cl)n1)CC2. The molecule has 25 heavy (non-hydrogen) atoms. The van der Waals surface area contributed by atoms with Gasteiger partial charge in [0.25, 0.3) is 5.91 Å². The van der Waals surface area contributed by atoms with Crippen molar-refractivity contribution in [2.45, 2.75) is 32.4 Å². The third-order valence-electron chi connectivity index (χ3n) is 5.12. The molecule has 2 aliphatic rings. The molecule has 0 unspecified atom stereocenters. The van der Waals surface area contributed by atoms with Crippen molar-refractivity contribution in [3.8, 4) is 0 Å². The van der Waals surface area contributed by atoms with Crippen molar-refractivity contribution in [3.05, 3.63) is 46.0 Å². The van der Waals surface area contributed by atoms with E-state index in [1.807, 2.05) is 16.6 Å². The van der Waals surface area contributed by atoms with E-state index in [1.54, 1.807) is 18.2 Å². The monoisotopic (exact) mass is 359 g/mol. The molecular formula is C18H22ClN5O. The first kappa shape index (κ1) is 16.5. The standard InChI is InChI=1S/C18H22ClN5O/c1-22-16-12-24(18(25)14-5-4-6-17(19)20-14)10-7-13(16)15(21-22)11-23-8-2-3-9-23/h4-6H,2-3,7-12H2,1H3. The molecule has 2 aromatic heterocycles. The van der Waals surface area contributed by atoms with Crippen molar-refractivity contribution in [3.63, 3.8) is 0 Å². The lowest BCUT2D eigenvalue weighted by atomic mass is 10.0. The number of likely N-dealkylation sites (tertiary alicyclic amines) is 1. The quantitative estimate of drug-likeness (QED) is 0.789. The molecule has 1 saturated heterocycles. The van der Waals surface area contributed by atoms with Crippen LogP contribution in [-0.4, -0.2) is 50.1 Å². The molecule has 132 valence electrons. The predicted molar refractivity (Wildman–Crippen MR) is 95.4 cm³/mol. The molecule has 0 radical (unpaired) electrons. The van der Waals surface area contributed by atoms with E-state index in [0.29, 0.717) is 23.9 Å². The lowest BCUT2D eigenvalue weighted by Gasteiger charge is -2.27. The number of halogens is 1. The van der Waals surface area contributed by atoms with Crippen LogP contribution in [0, 0.1) is 0 Å². The Kier molecular flexibility index (Phi) is 4.48. The number of aromatic nitrogens is 3. The molecule has 0 aromatic carbocycles. The van der Waals surface area contributed by atoms with E-state index >= 15 is 0 Å². The van der Waals surface area contributed by atoms with Crippen molar-refractivity contribution in [2.24, 2.45) is 7.05 Å². The van der Waals surface area contributed by atoms with Gasteiger partial charge in [0.15, 0.2) is 0 Å². The zero-order valence-electron chi connectivity index (χ0n) is 14.4. The Labute approximate surface area is 152 Å². The number of carbonyl (C=O) groups is 1. The van der Waals surface area contributed by atoms with Gasteiger partial charge in [-0.15, -0.1) is 0 Å². The number of pyridine rings is 1. The first-order chi connectivity index (χ1) is 12.1. The highest BCUT2D eigenvalue weighted by Crippen LogP contribution is 2.25. The molecule has 2 aliphatic heterocycles. The Balaban J connectivity index is 1.53. The Morgan fingerprint density at radius 2 is 2.04 bits per heavy atom. The number of nitrogens with zero attached hydrogens (tertiary/aromatic N) is 5. The van der Waals surface area contributed by atoms with Gasteiger partial charge < -0.3 is 4.90 Å². The van der Waals surface area contributed by atoms with Crippen LogP contribution in [-0.2, 0) is 26.6 Å². The van der Waals surface area contributed by atoms with Gasteiger partial charge in [0.2, 0.25) is 0 Å². The molecular weight excluding hydrogens is 338 g/mol. The van der Waals surface area contributed by atoms with Crippen LogP contribution in [0.1, 0.15) is 40.3 Å². The number of rotatable bonds is 3. The number of hydrogen-bond donors (Lipinski definition) is 0. The highest BCUT2D eigenvalue weighted by molar-refractivity contribution is 6.29. The number of amides is 1. The molecule has 1 amide bonds. The molecule has 6 nitrogen and oxygen atoms in total. The van der Waals surface area contributed by atoms with Crippen LogP contribution < -0.4 is 0 Å². The van der Waals surface area contributed by atoms with E-state index in [0.717, 1.165) is 31.7 Å². The number of aryl methyl sites for hydroxylation is 1. The summed E-state index contributed by atoms with van der Waals surface area (Å²) in [6, 6.07) is 5.15. The summed E-state index contributed by atoms with van der Waals surface area (Å²) < 4.78 is 1.94. The molecule has 0 bridgehead atoms. The molecule has 0 atom stereocenters. The molecule has 4 rings (SSSR count). The van der Waals surface area contributed by atoms with E-state index in [2.05, 4.69) is 9.88 Å². The number of carbonyl (C=O) groups excluding carboxylic acids is 1. The topological polar surface area (TPSA) is 54.3 Å². The van der Waals surface area contributed by atoms with Gasteiger partial charge >= 0.3 is 0 Å². The van der Waals surface area contributed by atoms with Gasteiger partial charge in [0.05, 0.1) is 17.9 Å². The van der Waals surface area contributed by atoms with Crippen LogP contribution in [0.5, 0.6) is 0 Å². The fourth-order valence-corrected chi connectivity index (χ4v) is 3.96. The van der Waals surface area contributed by atoms with Gasteiger partial charge in [-0.25, -0.2) is 4.98 Å². The highest BCUT2D eigenvalue weighted by Gasteiger charge is 2.28. The van der Waals surface area contributed by atoms with E-state index in [-0.39, 0.29) is 5.91 Å². The van der Waals surface area contributed by atoms with Gasteiger partial charge in [-0.3, -0.25) is 14.4 Å². The van der Waals surface area contributed by atoms with Crippen LogP contribution in [0.4, 0.5) is 0 Å². The number of fused-ring (bicyclic) bond motifs is 1. The first-order valence-electron chi connectivity index (χ1n) is 8.79. The van der Waals surface area contributed by atoms with Crippen LogP contribution in [0.2, 0.25) is 5.15 Å². The van der Waals surface area contributed by atoms with E-state index in [4.69, 9.17) is 16.7 Å². The molecule has 0 aliphatic carbocycles. The summed E-state index contributed by atoms with van der Waals surface area (Å²) >= 11 is 5.92. The summed E-state index contributed by atoms with van der Waals surface area (Å²) in [4.78, 5) is 21.2. The third kappa shape index (κ3) is 3.28. The normalized spacial score (nSPS) is 17.8. The smallest absolute Gasteiger partial charge is 0.272 e. The summed E-state index contributed by atoms with van der Waals surface area (Å²) in [5, 5.41) is 5.08. The van der Waals surface area contributed by atoms with E-state index in [1.165, 1.54) is 24.1 Å². The first-order valence-corrected chi connectivity index (χ1v) is 9.17. The second-order valence-electron chi connectivity index (χ2n) is 6.80. The van der Waals surface area contributed by atoms with Gasteiger partial charge in [0.1, 0.15) is 10.8 Å². The Morgan fingerprint density at radius 1 is 1.24 bits per heavy atom. The molecule has 2 aromatic rings. The second kappa shape index (κ2) is 6.77. The van der Waals surface area contributed by atoms with Gasteiger partial charge in [-0.1, -0.05) is 17.7 Å². The van der Waals surface area contributed by atoms with Crippen molar-refractivity contribution in [2.75, 3.05) is 19.6 Å². The summed E-state index contributed by atoms with van der Waals surface area (Å²) in [7, 11) is 1.97. The van der Waals surface area contributed by atoms with Crippen molar-refractivity contribution >= 4 is 17.5 Å². The minimum absolute atomic E-state index is 0.0737. The molecule has 0 N–H and O–H groups in total. The molecule has 4 heterocycles. The minimum Gasteiger partial charge on any atom is -0.331 e. The summed E-state index contributed by atoms with van der Waals surface area (Å²) in [6.07, 6.45) is 3.41. The fraction of sp³-hybridized carbons (Fsp3) is 0.500. The van der Waals surface area contributed by atoms with Gasteiger partial charge in [0, 0.05) is 25.7 Å². The van der Waals surface area contributed by atoms with Crippen LogP contribution in [0.3, 0.4) is 0 Å². The van der Waals surface area contributed by atoms with Gasteiger partial charge in [-0.2, -0.15) is 5.10 Å². The highest BCUT2D eigenvalue weighted by atomic mass is 35.5. The lowest BCUT2D eigenvalue weighted by molar-refractivity contribution is 0.0724. The zero-order valence-corrected chi connectivity index (χ0v) is 15.2. The van der Waals surface area contributed by atoms with Crippen molar-refractivity contribution in [1.82, 2.24) is 24.6 Å². The van der Waals surface area contributed by atoms with E-state index < -0.39 is 0 Å². The maximum Gasteiger partial charge on any atom is 0.272 e. The van der Waals surface area contributed by atoms with Gasteiger partial charge in [-0.05, 0) is 44.5 Å². The Morgan fingerprint density at radius 3 is 2.80 bits per heavy atom. The maximum absolute atomic E-state index is 12.7. The Hall–Kier alpha value is -1.92. The zero-order chi connectivity index (χ0) is 17.4. The van der Waals surface area contributed by atoms with Crippen LogP contribution in [0.25, 0.3) is 0 Å². The maximum atomic E-state index is 12.7. The number of hydrogen-bond acceptors (Lipinski definition) is 4.